The first-order valence-electron chi connectivity index (χ1n) is 6.64. The number of hydrogen-bond acceptors (Lipinski definition) is 4. The van der Waals surface area contributed by atoms with E-state index in [9.17, 15) is 4.79 Å². The fraction of sp³-hybridized carbons (Fsp3) is 0.333. The predicted octanol–water partition coefficient (Wildman–Crippen LogP) is 2.06. The predicted molar refractivity (Wildman–Crippen MR) is 77.5 cm³/mol. The van der Waals surface area contributed by atoms with Crippen LogP contribution in [0.2, 0.25) is 0 Å². The van der Waals surface area contributed by atoms with Crippen LogP contribution in [0, 0.1) is 0 Å². The van der Waals surface area contributed by atoms with Gasteiger partial charge in [0.1, 0.15) is 11.6 Å². The number of ether oxygens (including phenoxy) is 1. The molecule has 0 spiro atoms. The average Bonchev–Trinajstić information content (AvgIpc) is 2.81. The van der Waals surface area contributed by atoms with Gasteiger partial charge in [0, 0.05) is 13.0 Å². The summed E-state index contributed by atoms with van der Waals surface area (Å²) in [5.74, 6) is 0.694. The molecule has 20 heavy (non-hydrogen) atoms. The summed E-state index contributed by atoms with van der Waals surface area (Å²) in [7, 11) is 1.33. The normalized spacial score (nSPS) is 10.5. The van der Waals surface area contributed by atoms with Crippen LogP contribution < -0.4 is 5.73 Å². The number of carbonyl (C=O) groups excluding carboxylic acids is 1. The Balaban J connectivity index is 2.22. The number of methoxy groups -OCH3 is 1. The number of nitrogens with zero attached hydrogens (tertiary/aromatic N) is 2. The molecule has 0 aliphatic rings. The summed E-state index contributed by atoms with van der Waals surface area (Å²) in [6.07, 6.45) is 1.56. The van der Waals surface area contributed by atoms with E-state index in [0.29, 0.717) is 12.4 Å². The van der Waals surface area contributed by atoms with Gasteiger partial charge in [0.05, 0.1) is 7.11 Å². The summed E-state index contributed by atoms with van der Waals surface area (Å²) < 4.78 is 6.59. The molecule has 5 heteroatoms. The number of anilines is 1. The van der Waals surface area contributed by atoms with Crippen molar-refractivity contribution in [2.24, 2.45) is 0 Å². The first-order chi connectivity index (χ1) is 9.67. The van der Waals surface area contributed by atoms with Gasteiger partial charge in [-0.15, -0.1) is 0 Å². The van der Waals surface area contributed by atoms with Gasteiger partial charge in [-0.2, -0.15) is 0 Å². The van der Waals surface area contributed by atoms with Crippen molar-refractivity contribution in [1.82, 2.24) is 9.55 Å². The fourth-order valence-corrected chi connectivity index (χ4v) is 2.17. The molecule has 2 N–H and O–H groups in total. The lowest BCUT2D eigenvalue weighted by Gasteiger charge is -2.08. The lowest BCUT2D eigenvalue weighted by molar-refractivity contribution is 0.0595. The van der Waals surface area contributed by atoms with Crippen molar-refractivity contribution in [1.29, 1.82) is 0 Å². The second-order valence-corrected chi connectivity index (χ2v) is 4.49. The molecule has 0 saturated heterocycles. The summed E-state index contributed by atoms with van der Waals surface area (Å²) in [6, 6.07) is 10.1. The maximum absolute atomic E-state index is 11.6. The second kappa shape index (κ2) is 6.23. The number of imidazole rings is 1. The number of carbonyl (C=O) groups is 1. The third-order valence-electron chi connectivity index (χ3n) is 3.25. The van der Waals surface area contributed by atoms with Gasteiger partial charge in [0.2, 0.25) is 0 Å². The number of esters is 1. The van der Waals surface area contributed by atoms with Crippen LogP contribution in [-0.2, 0) is 24.1 Å². The monoisotopic (exact) mass is 273 g/mol. The Bertz CT molecular complexity index is 591. The summed E-state index contributed by atoms with van der Waals surface area (Å²) in [6.45, 7) is 2.69. The number of rotatable bonds is 5. The van der Waals surface area contributed by atoms with Crippen LogP contribution in [0.25, 0.3) is 0 Å². The van der Waals surface area contributed by atoms with Crippen LogP contribution in [-0.4, -0.2) is 22.6 Å². The van der Waals surface area contributed by atoms with E-state index in [1.807, 2.05) is 29.7 Å². The number of benzene rings is 1. The molecule has 1 aromatic carbocycles. The minimum absolute atomic E-state index is 0.206. The fourth-order valence-electron chi connectivity index (χ4n) is 2.17. The zero-order chi connectivity index (χ0) is 14.5. The third kappa shape index (κ3) is 2.82. The SMILES string of the molecule is CCc1nc(C(=O)OC)c(N)n1CCc1ccccc1. The van der Waals surface area contributed by atoms with E-state index in [0.717, 1.165) is 18.7 Å². The molecule has 0 amide bonds. The average molecular weight is 273 g/mol. The second-order valence-electron chi connectivity index (χ2n) is 4.49. The Labute approximate surface area is 118 Å². The molecule has 106 valence electrons. The van der Waals surface area contributed by atoms with Crippen molar-refractivity contribution in [3.63, 3.8) is 0 Å². The number of hydrogen-bond donors (Lipinski definition) is 1. The van der Waals surface area contributed by atoms with Gasteiger partial charge >= 0.3 is 5.97 Å². The minimum Gasteiger partial charge on any atom is -0.464 e. The van der Waals surface area contributed by atoms with Crippen LogP contribution >= 0.6 is 0 Å². The van der Waals surface area contributed by atoms with Crippen molar-refractivity contribution in [2.45, 2.75) is 26.3 Å². The third-order valence-corrected chi connectivity index (χ3v) is 3.25. The lowest BCUT2D eigenvalue weighted by Crippen LogP contribution is -2.10. The number of nitrogens with two attached hydrogens (primary N) is 1. The number of nitrogen functional groups attached to an aromatic ring is 1. The first kappa shape index (κ1) is 14.1. The molecule has 1 heterocycles. The summed E-state index contributed by atoms with van der Waals surface area (Å²) in [5, 5.41) is 0. The molecular weight excluding hydrogens is 254 g/mol. The molecule has 1 aromatic heterocycles. The molecule has 0 aliphatic heterocycles. The molecule has 0 atom stereocenters. The maximum atomic E-state index is 11.6. The smallest absolute Gasteiger partial charge is 0.360 e. The molecule has 2 rings (SSSR count). The standard InChI is InChI=1S/C15H19N3O2/c1-3-12-17-13(15(19)20-2)14(16)18(12)10-9-11-7-5-4-6-8-11/h4-8H,3,9-10,16H2,1-2H3. The first-order valence-corrected chi connectivity index (χ1v) is 6.64. The summed E-state index contributed by atoms with van der Waals surface area (Å²) in [4.78, 5) is 15.9. The van der Waals surface area contributed by atoms with E-state index >= 15 is 0 Å². The highest BCUT2D eigenvalue weighted by Gasteiger charge is 2.19. The van der Waals surface area contributed by atoms with Crippen molar-refractivity contribution in [3.05, 3.63) is 47.4 Å². The molecule has 5 nitrogen and oxygen atoms in total. The Kier molecular flexibility index (Phi) is 4.40. The van der Waals surface area contributed by atoms with E-state index in [1.165, 1.54) is 12.7 Å². The van der Waals surface area contributed by atoms with Crippen molar-refractivity contribution in [3.8, 4) is 0 Å². The van der Waals surface area contributed by atoms with Crippen molar-refractivity contribution >= 4 is 11.8 Å². The highest BCUT2D eigenvalue weighted by molar-refractivity contribution is 5.92. The highest BCUT2D eigenvalue weighted by Crippen LogP contribution is 2.17. The van der Waals surface area contributed by atoms with Crippen LogP contribution in [0.4, 0.5) is 5.82 Å². The Morgan fingerprint density at radius 3 is 2.65 bits per heavy atom. The van der Waals surface area contributed by atoms with Crippen LogP contribution in [0.1, 0.15) is 28.8 Å². The van der Waals surface area contributed by atoms with E-state index < -0.39 is 5.97 Å². The van der Waals surface area contributed by atoms with E-state index in [2.05, 4.69) is 17.1 Å². The minimum atomic E-state index is -0.490. The Morgan fingerprint density at radius 2 is 2.05 bits per heavy atom. The van der Waals surface area contributed by atoms with E-state index in [4.69, 9.17) is 10.5 Å². The molecule has 0 unspecified atom stereocenters. The van der Waals surface area contributed by atoms with Crippen LogP contribution in [0.3, 0.4) is 0 Å². The van der Waals surface area contributed by atoms with Gasteiger partial charge in [-0.3, -0.25) is 0 Å². The number of aromatic nitrogens is 2. The van der Waals surface area contributed by atoms with E-state index in [1.54, 1.807) is 0 Å². The maximum Gasteiger partial charge on any atom is 0.360 e. The molecule has 0 fully saturated rings. The Hall–Kier alpha value is -2.30. The molecule has 0 radical (unpaired) electrons. The lowest BCUT2D eigenvalue weighted by atomic mass is 10.1. The molecule has 2 aromatic rings. The molecular formula is C15H19N3O2. The van der Waals surface area contributed by atoms with Crippen molar-refractivity contribution < 1.29 is 9.53 Å². The van der Waals surface area contributed by atoms with Crippen LogP contribution in [0.5, 0.6) is 0 Å². The summed E-state index contributed by atoms with van der Waals surface area (Å²) >= 11 is 0. The van der Waals surface area contributed by atoms with Gasteiger partial charge in [0.15, 0.2) is 5.69 Å². The Morgan fingerprint density at radius 1 is 1.35 bits per heavy atom. The van der Waals surface area contributed by atoms with Crippen molar-refractivity contribution in [2.75, 3.05) is 12.8 Å². The van der Waals surface area contributed by atoms with E-state index in [-0.39, 0.29) is 5.69 Å². The zero-order valence-corrected chi connectivity index (χ0v) is 11.8. The quantitative estimate of drug-likeness (QED) is 0.846. The van der Waals surface area contributed by atoms with Crippen LogP contribution in [0.15, 0.2) is 30.3 Å². The highest BCUT2D eigenvalue weighted by atomic mass is 16.5. The number of aryl methyl sites for hydroxylation is 2. The van der Waals surface area contributed by atoms with Gasteiger partial charge in [-0.1, -0.05) is 37.3 Å². The molecule has 0 aliphatic carbocycles. The van der Waals surface area contributed by atoms with Gasteiger partial charge in [-0.25, -0.2) is 9.78 Å². The molecule has 0 bridgehead atoms. The van der Waals surface area contributed by atoms with Gasteiger partial charge in [-0.05, 0) is 12.0 Å². The zero-order valence-electron chi connectivity index (χ0n) is 11.8. The largest absolute Gasteiger partial charge is 0.464 e. The molecule has 0 saturated carbocycles. The topological polar surface area (TPSA) is 70.1 Å². The van der Waals surface area contributed by atoms with Gasteiger partial charge < -0.3 is 15.0 Å². The summed E-state index contributed by atoms with van der Waals surface area (Å²) in [5.41, 5.74) is 7.45. The van der Waals surface area contributed by atoms with Gasteiger partial charge in [0.25, 0.3) is 0 Å².